The number of rotatable bonds is 21. The number of nitro benzene ring substituents is 1. The van der Waals surface area contributed by atoms with Crippen LogP contribution in [0.3, 0.4) is 0 Å². The van der Waals surface area contributed by atoms with Crippen LogP contribution in [-0.2, 0) is 14.4 Å². The quantitative estimate of drug-likeness (QED) is 0.0265. The smallest absolute Gasteiger partial charge is 0.269 e. The number of aliphatic hydroxyl groups excluding tert-OH is 2. The van der Waals surface area contributed by atoms with E-state index in [9.17, 15) is 25.1 Å². The third-order valence-corrected chi connectivity index (χ3v) is 12.5. The number of nitro groups is 1. The molecule has 0 radical (unpaired) electrons. The van der Waals surface area contributed by atoms with Gasteiger partial charge in [0.2, 0.25) is 11.7 Å². The van der Waals surface area contributed by atoms with E-state index in [1.54, 1.807) is 40.9 Å². The van der Waals surface area contributed by atoms with E-state index in [1.807, 2.05) is 49.6 Å². The number of carbonyl (C=O) groups is 1. The number of fused-ring (bicyclic) bond motifs is 2. The highest BCUT2D eigenvalue weighted by molar-refractivity contribution is 7.98. The van der Waals surface area contributed by atoms with Gasteiger partial charge in [0.25, 0.3) is 5.69 Å². The second-order valence-electron chi connectivity index (χ2n) is 15.4. The topological polar surface area (TPSA) is 153 Å². The van der Waals surface area contributed by atoms with Gasteiger partial charge in [-0.15, -0.1) is 18.3 Å². The van der Waals surface area contributed by atoms with Crippen molar-refractivity contribution < 1.29 is 39.0 Å². The van der Waals surface area contributed by atoms with E-state index in [4.69, 9.17) is 19.0 Å². The lowest BCUT2D eigenvalue weighted by atomic mass is 9.55. The standard InChI is InChI=1S/C47H57N3O9S/c1-5-25-49(44(53)24-15-32-13-16-34(17-14-32)50(54)55)43-31-41(48-56-3)39-29-33(11-7-9-26-51)38(12-8-10-27-52)45-40-30-36(58-35-18-21-37(60-4)22-19-35)20-23-42(40)59-47(43,46(39)45)57-28-6-2/h6,13-24,29-30,33,38,43,45-46,51-52H,2,5,7-12,25-28,31H2,1,3-4H3/t33-,38+,43-,45+,46+,47+/m0/s1. The SMILES string of the molecule is C=CCO[C@@]12Oc3ccc(Oc4ccc(SC)cc4)cc3[C@H]3[C@H](CCCCO)[C@@H](CCCCO)C=C(C(=NOC)C[C@@H]1N(CCC)C(=O)C=Cc1ccc([N+](=O)[O-])cc1)[C@H]32. The number of aliphatic hydroxyl groups is 2. The molecule has 320 valence electrons. The van der Waals surface area contributed by atoms with Crippen molar-refractivity contribution in [3.05, 3.63) is 118 Å². The van der Waals surface area contributed by atoms with E-state index in [1.165, 1.54) is 25.3 Å². The maximum absolute atomic E-state index is 14.6. The van der Waals surface area contributed by atoms with Gasteiger partial charge in [0.05, 0.1) is 23.2 Å². The molecule has 6 rings (SSSR count). The fraction of sp³-hybridized carbons (Fsp3) is 0.447. The molecule has 0 aromatic heterocycles. The Morgan fingerprint density at radius 1 is 1.05 bits per heavy atom. The van der Waals surface area contributed by atoms with Gasteiger partial charge < -0.3 is 34.2 Å². The van der Waals surface area contributed by atoms with Gasteiger partial charge in [-0.3, -0.25) is 14.9 Å². The summed E-state index contributed by atoms with van der Waals surface area (Å²) in [4.78, 5) is 33.9. The van der Waals surface area contributed by atoms with Crippen molar-refractivity contribution in [2.75, 3.05) is 39.7 Å². The third kappa shape index (κ3) is 9.81. The molecule has 1 amide bonds. The number of hydrogen-bond acceptors (Lipinski definition) is 11. The summed E-state index contributed by atoms with van der Waals surface area (Å²) < 4.78 is 20.8. The maximum Gasteiger partial charge on any atom is 0.269 e. The van der Waals surface area contributed by atoms with Gasteiger partial charge in [-0.05, 0) is 122 Å². The van der Waals surface area contributed by atoms with Crippen molar-refractivity contribution in [1.82, 2.24) is 4.90 Å². The summed E-state index contributed by atoms with van der Waals surface area (Å²) in [5.41, 5.74) is 3.23. The average molecular weight is 840 g/mol. The van der Waals surface area contributed by atoms with E-state index in [2.05, 4.69) is 23.9 Å². The lowest BCUT2D eigenvalue weighted by molar-refractivity contribution is -0.384. The second kappa shape index (κ2) is 21.0. The average Bonchev–Trinajstić information content (AvgIpc) is 3.26. The maximum atomic E-state index is 14.6. The third-order valence-electron chi connectivity index (χ3n) is 11.8. The fourth-order valence-electron chi connectivity index (χ4n) is 9.23. The fourth-order valence-corrected chi connectivity index (χ4v) is 9.64. The number of nitrogens with zero attached hydrogens (tertiary/aromatic N) is 3. The molecular formula is C47H57N3O9S. The summed E-state index contributed by atoms with van der Waals surface area (Å²) in [6, 6.07) is 19.3. The number of non-ortho nitro benzene ring substituents is 1. The van der Waals surface area contributed by atoms with Gasteiger partial charge in [0.15, 0.2) is 0 Å². The van der Waals surface area contributed by atoms with Gasteiger partial charge in [0, 0.05) is 60.8 Å². The number of thioether (sulfide) groups is 1. The van der Waals surface area contributed by atoms with Crippen molar-refractivity contribution in [3.8, 4) is 17.2 Å². The number of oxime groups is 1. The molecule has 1 fully saturated rings. The first-order valence-electron chi connectivity index (χ1n) is 20.9. The molecule has 0 unspecified atom stereocenters. The summed E-state index contributed by atoms with van der Waals surface area (Å²) in [5.74, 6) is -0.150. The molecule has 1 saturated carbocycles. The van der Waals surface area contributed by atoms with Crippen LogP contribution in [0.25, 0.3) is 6.08 Å². The summed E-state index contributed by atoms with van der Waals surface area (Å²) >= 11 is 1.66. The van der Waals surface area contributed by atoms with E-state index in [0.29, 0.717) is 54.3 Å². The van der Waals surface area contributed by atoms with Crippen LogP contribution in [0.2, 0.25) is 0 Å². The number of allylic oxidation sites excluding steroid dienone is 1. The molecule has 13 heteroatoms. The van der Waals surface area contributed by atoms with Crippen LogP contribution in [0.15, 0.2) is 107 Å². The molecule has 1 heterocycles. The summed E-state index contributed by atoms with van der Waals surface area (Å²) in [5, 5.41) is 35.7. The highest BCUT2D eigenvalue weighted by Gasteiger charge is 2.65. The van der Waals surface area contributed by atoms with Crippen LogP contribution in [-0.4, -0.2) is 83.2 Å². The van der Waals surface area contributed by atoms with E-state index in [0.717, 1.165) is 41.7 Å². The minimum Gasteiger partial charge on any atom is -0.459 e. The summed E-state index contributed by atoms with van der Waals surface area (Å²) in [6.07, 6.45) is 14.7. The summed E-state index contributed by atoms with van der Waals surface area (Å²) in [7, 11) is 1.53. The predicted molar refractivity (Wildman–Crippen MR) is 234 cm³/mol. The molecule has 0 spiro atoms. The minimum absolute atomic E-state index is 0.0333. The molecule has 1 aliphatic heterocycles. The van der Waals surface area contributed by atoms with Crippen LogP contribution < -0.4 is 9.47 Å². The number of ether oxygens (including phenoxy) is 3. The van der Waals surface area contributed by atoms with Gasteiger partial charge in [-0.1, -0.05) is 37.1 Å². The number of carbonyl (C=O) groups excluding carboxylic acids is 1. The van der Waals surface area contributed by atoms with Crippen molar-refractivity contribution in [3.63, 3.8) is 0 Å². The van der Waals surface area contributed by atoms with Crippen LogP contribution in [0.4, 0.5) is 5.69 Å². The molecule has 2 N–H and O–H groups in total. The molecule has 2 aliphatic carbocycles. The number of amides is 1. The highest BCUT2D eigenvalue weighted by Crippen LogP contribution is 2.62. The first kappa shape index (κ1) is 44.6. The van der Waals surface area contributed by atoms with Gasteiger partial charge >= 0.3 is 0 Å². The lowest BCUT2D eigenvalue weighted by Gasteiger charge is -2.60. The number of hydrogen-bond donors (Lipinski definition) is 2. The Bertz CT molecular complexity index is 2040. The Morgan fingerprint density at radius 2 is 1.77 bits per heavy atom. The molecule has 0 saturated heterocycles. The highest BCUT2D eigenvalue weighted by atomic mass is 32.2. The zero-order valence-corrected chi connectivity index (χ0v) is 35.6. The van der Waals surface area contributed by atoms with Gasteiger partial charge in [0.1, 0.15) is 30.4 Å². The summed E-state index contributed by atoms with van der Waals surface area (Å²) in [6.45, 7) is 6.75. The lowest BCUT2D eigenvalue weighted by Crippen LogP contribution is -2.70. The monoisotopic (exact) mass is 839 g/mol. The first-order valence-corrected chi connectivity index (χ1v) is 22.1. The molecule has 0 bridgehead atoms. The Balaban J connectivity index is 1.53. The Hall–Kier alpha value is -4.95. The number of benzene rings is 3. The van der Waals surface area contributed by atoms with E-state index >= 15 is 0 Å². The Morgan fingerprint density at radius 3 is 2.42 bits per heavy atom. The molecule has 12 nitrogen and oxygen atoms in total. The van der Waals surface area contributed by atoms with Crippen LogP contribution in [0.1, 0.15) is 75.3 Å². The van der Waals surface area contributed by atoms with Crippen molar-refractivity contribution >= 4 is 35.1 Å². The first-order chi connectivity index (χ1) is 29.2. The molecule has 6 atom stereocenters. The van der Waals surface area contributed by atoms with Gasteiger partial charge in [-0.2, -0.15) is 0 Å². The largest absolute Gasteiger partial charge is 0.459 e. The van der Waals surface area contributed by atoms with Crippen LogP contribution in [0, 0.1) is 27.9 Å². The molecule has 3 aliphatic rings. The molecule has 60 heavy (non-hydrogen) atoms. The zero-order chi connectivity index (χ0) is 42.6. The Labute approximate surface area is 357 Å². The van der Waals surface area contributed by atoms with Crippen LogP contribution in [0.5, 0.6) is 17.2 Å². The normalized spacial score (nSPS) is 23.6. The van der Waals surface area contributed by atoms with Gasteiger partial charge in [-0.25, -0.2) is 0 Å². The second-order valence-corrected chi connectivity index (χ2v) is 16.3. The van der Waals surface area contributed by atoms with Crippen molar-refractivity contribution in [2.45, 2.75) is 80.9 Å². The van der Waals surface area contributed by atoms with Crippen molar-refractivity contribution in [1.29, 1.82) is 0 Å². The van der Waals surface area contributed by atoms with E-state index in [-0.39, 0.29) is 55.6 Å². The molecular weight excluding hydrogens is 783 g/mol. The zero-order valence-electron chi connectivity index (χ0n) is 34.7. The van der Waals surface area contributed by atoms with E-state index < -0.39 is 22.7 Å². The minimum atomic E-state index is -1.39. The number of unbranched alkanes of at least 4 members (excludes halogenated alkanes) is 2. The Kier molecular flexibility index (Phi) is 15.6. The predicted octanol–water partition coefficient (Wildman–Crippen LogP) is 9.32. The van der Waals surface area contributed by atoms with Crippen molar-refractivity contribution in [2.24, 2.45) is 22.9 Å². The van der Waals surface area contributed by atoms with Crippen LogP contribution >= 0.6 is 11.8 Å². The molecule has 3 aromatic carbocycles. The molecule has 3 aromatic rings.